The van der Waals surface area contributed by atoms with E-state index >= 15 is 0 Å². The van der Waals surface area contributed by atoms with Crippen LogP contribution in [0.5, 0.6) is 5.75 Å². The molecule has 1 N–H and O–H groups in total. The molecule has 0 radical (unpaired) electrons. The lowest BCUT2D eigenvalue weighted by atomic mass is 10.2. The molecule has 0 heterocycles. The van der Waals surface area contributed by atoms with Gasteiger partial charge < -0.3 is 19.5 Å². The Morgan fingerprint density at radius 1 is 1.12 bits per heavy atom. The Balaban J connectivity index is 2.16. The third kappa shape index (κ3) is 5.17. The van der Waals surface area contributed by atoms with Gasteiger partial charge in [0.2, 0.25) is 0 Å². The fourth-order valence-electron chi connectivity index (χ4n) is 2.44. The average molecular weight is 346 g/mol. The molecule has 25 heavy (non-hydrogen) atoms. The van der Waals surface area contributed by atoms with Gasteiger partial charge in [0.15, 0.2) is 6.29 Å². The largest absolute Gasteiger partial charge is 0.489 e. The molecule has 0 spiro atoms. The molecular formula is C18H22N2O5. The highest BCUT2D eigenvalue weighted by molar-refractivity contribution is 5.64. The van der Waals surface area contributed by atoms with Crippen LogP contribution in [0.15, 0.2) is 48.5 Å². The minimum absolute atomic E-state index is 0.0372. The maximum Gasteiger partial charge on any atom is 0.292 e. The Kier molecular flexibility index (Phi) is 6.73. The SMILES string of the molecule is COC(OC)C(C)Nc1cc(OCc2ccccc2)ccc1[N+](=O)[O-]. The summed E-state index contributed by atoms with van der Waals surface area (Å²) in [5.41, 5.74) is 1.33. The highest BCUT2D eigenvalue weighted by Gasteiger charge is 2.21. The summed E-state index contributed by atoms with van der Waals surface area (Å²) in [7, 11) is 3.03. The van der Waals surface area contributed by atoms with E-state index in [0.29, 0.717) is 18.0 Å². The lowest BCUT2D eigenvalue weighted by molar-refractivity contribution is -0.384. The second kappa shape index (κ2) is 9.00. The van der Waals surface area contributed by atoms with E-state index in [1.54, 1.807) is 12.1 Å². The van der Waals surface area contributed by atoms with Crippen LogP contribution in [-0.2, 0) is 16.1 Å². The van der Waals surface area contributed by atoms with Gasteiger partial charge in [-0.3, -0.25) is 10.1 Å². The molecule has 0 aliphatic carbocycles. The topological polar surface area (TPSA) is 82.9 Å². The fraction of sp³-hybridized carbons (Fsp3) is 0.333. The van der Waals surface area contributed by atoms with Crippen molar-refractivity contribution in [3.05, 3.63) is 64.2 Å². The molecule has 0 amide bonds. The van der Waals surface area contributed by atoms with E-state index in [4.69, 9.17) is 14.2 Å². The second-order valence-corrected chi connectivity index (χ2v) is 5.48. The number of nitrogens with one attached hydrogen (secondary N) is 1. The van der Waals surface area contributed by atoms with Crippen LogP contribution >= 0.6 is 0 Å². The Bertz CT molecular complexity index is 689. The molecule has 7 heteroatoms. The molecule has 0 bridgehead atoms. The number of benzene rings is 2. The van der Waals surface area contributed by atoms with Crippen molar-refractivity contribution in [2.45, 2.75) is 25.9 Å². The molecule has 0 aromatic heterocycles. The minimum atomic E-state index is -0.534. The van der Waals surface area contributed by atoms with Crippen molar-refractivity contribution in [3.8, 4) is 5.75 Å². The third-order valence-corrected chi connectivity index (χ3v) is 3.67. The van der Waals surface area contributed by atoms with Gasteiger partial charge in [0.05, 0.1) is 11.0 Å². The highest BCUT2D eigenvalue weighted by atomic mass is 16.7. The van der Waals surface area contributed by atoms with Gasteiger partial charge in [-0.05, 0) is 18.6 Å². The zero-order valence-electron chi connectivity index (χ0n) is 14.5. The molecule has 0 aliphatic heterocycles. The zero-order chi connectivity index (χ0) is 18.2. The second-order valence-electron chi connectivity index (χ2n) is 5.48. The summed E-state index contributed by atoms with van der Waals surface area (Å²) < 4.78 is 16.1. The van der Waals surface area contributed by atoms with E-state index in [0.717, 1.165) is 5.56 Å². The number of anilines is 1. The Hall–Kier alpha value is -2.64. The molecule has 0 saturated heterocycles. The summed E-state index contributed by atoms with van der Waals surface area (Å²) in [5.74, 6) is 0.538. The summed E-state index contributed by atoms with van der Waals surface area (Å²) in [5, 5.41) is 14.3. The van der Waals surface area contributed by atoms with Gasteiger partial charge in [-0.25, -0.2) is 0 Å². The van der Waals surface area contributed by atoms with Crippen molar-refractivity contribution in [2.24, 2.45) is 0 Å². The third-order valence-electron chi connectivity index (χ3n) is 3.67. The van der Waals surface area contributed by atoms with Crippen LogP contribution in [0.2, 0.25) is 0 Å². The highest BCUT2D eigenvalue weighted by Crippen LogP contribution is 2.30. The van der Waals surface area contributed by atoms with E-state index < -0.39 is 11.2 Å². The van der Waals surface area contributed by atoms with Crippen molar-refractivity contribution in [1.82, 2.24) is 0 Å². The summed E-state index contributed by atoms with van der Waals surface area (Å²) in [4.78, 5) is 10.8. The van der Waals surface area contributed by atoms with Gasteiger partial charge in [-0.2, -0.15) is 0 Å². The van der Waals surface area contributed by atoms with Crippen LogP contribution < -0.4 is 10.1 Å². The lowest BCUT2D eigenvalue weighted by Crippen LogP contribution is -2.33. The molecule has 134 valence electrons. The summed E-state index contributed by atoms with van der Waals surface area (Å²) >= 11 is 0. The first-order valence-electron chi connectivity index (χ1n) is 7.82. The number of hydrogen-bond donors (Lipinski definition) is 1. The maximum absolute atomic E-state index is 11.3. The smallest absolute Gasteiger partial charge is 0.292 e. The number of hydrogen-bond acceptors (Lipinski definition) is 6. The average Bonchev–Trinajstić information content (AvgIpc) is 2.62. The van der Waals surface area contributed by atoms with Crippen LogP contribution in [0, 0.1) is 10.1 Å². The molecule has 1 unspecified atom stereocenters. The summed E-state index contributed by atoms with van der Waals surface area (Å²) in [6.07, 6.45) is -0.534. The number of rotatable bonds is 9. The number of nitrogens with zero attached hydrogens (tertiary/aromatic N) is 1. The van der Waals surface area contributed by atoms with E-state index in [1.807, 2.05) is 37.3 Å². The monoisotopic (exact) mass is 346 g/mol. The van der Waals surface area contributed by atoms with Crippen LogP contribution in [0.25, 0.3) is 0 Å². The Morgan fingerprint density at radius 2 is 1.80 bits per heavy atom. The normalized spacial score (nSPS) is 12.0. The van der Waals surface area contributed by atoms with Crippen LogP contribution in [0.4, 0.5) is 11.4 Å². The van der Waals surface area contributed by atoms with Crippen LogP contribution in [-0.4, -0.2) is 31.5 Å². The predicted octanol–water partition coefficient (Wildman–Crippen LogP) is 3.59. The van der Waals surface area contributed by atoms with Gasteiger partial charge in [0.25, 0.3) is 5.69 Å². The molecule has 1 atom stereocenters. The van der Waals surface area contributed by atoms with Gasteiger partial charge in [0.1, 0.15) is 18.0 Å². The molecule has 7 nitrogen and oxygen atoms in total. The summed E-state index contributed by atoms with van der Waals surface area (Å²) in [6.45, 7) is 2.20. The molecule has 2 aromatic rings. The number of ether oxygens (including phenoxy) is 3. The predicted molar refractivity (Wildman–Crippen MR) is 94.8 cm³/mol. The number of nitro groups is 1. The van der Waals surface area contributed by atoms with Gasteiger partial charge >= 0.3 is 0 Å². The molecule has 0 saturated carbocycles. The zero-order valence-corrected chi connectivity index (χ0v) is 14.5. The molecular weight excluding hydrogens is 324 g/mol. The molecule has 0 aliphatic rings. The van der Waals surface area contributed by atoms with Crippen molar-refractivity contribution in [2.75, 3.05) is 19.5 Å². The van der Waals surface area contributed by atoms with E-state index in [-0.39, 0.29) is 11.7 Å². The molecule has 2 rings (SSSR count). The van der Waals surface area contributed by atoms with Crippen LogP contribution in [0.3, 0.4) is 0 Å². The Labute approximate surface area is 146 Å². The van der Waals surface area contributed by atoms with E-state index in [2.05, 4.69) is 5.32 Å². The summed E-state index contributed by atoms with van der Waals surface area (Å²) in [6, 6.07) is 14.0. The lowest BCUT2D eigenvalue weighted by Gasteiger charge is -2.23. The van der Waals surface area contributed by atoms with Gasteiger partial charge in [0, 0.05) is 26.4 Å². The standard InChI is InChI=1S/C18H22N2O5/c1-13(18(23-2)24-3)19-16-11-15(9-10-17(16)20(21)22)25-12-14-7-5-4-6-8-14/h4-11,13,18-19H,12H2,1-3H3. The van der Waals surface area contributed by atoms with Crippen molar-refractivity contribution < 1.29 is 19.1 Å². The fourth-order valence-corrected chi connectivity index (χ4v) is 2.44. The first-order valence-corrected chi connectivity index (χ1v) is 7.82. The quantitative estimate of drug-likeness (QED) is 0.424. The van der Waals surface area contributed by atoms with Crippen molar-refractivity contribution in [3.63, 3.8) is 0 Å². The van der Waals surface area contributed by atoms with E-state index in [1.165, 1.54) is 20.3 Å². The van der Waals surface area contributed by atoms with E-state index in [9.17, 15) is 10.1 Å². The molecule has 2 aromatic carbocycles. The minimum Gasteiger partial charge on any atom is -0.489 e. The van der Waals surface area contributed by atoms with Gasteiger partial charge in [-0.1, -0.05) is 30.3 Å². The first-order chi connectivity index (χ1) is 12.0. The van der Waals surface area contributed by atoms with Crippen LogP contribution in [0.1, 0.15) is 12.5 Å². The Morgan fingerprint density at radius 3 is 2.40 bits per heavy atom. The number of methoxy groups -OCH3 is 2. The van der Waals surface area contributed by atoms with Crippen molar-refractivity contribution in [1.29, 1.82) is 0 Å². The first kappa shape index (κ1) is 18.7. The maximum atomic E-state index is 11.3. The van der Waals surface area contributed by atoms with Gasteiger partial charge in [-0.15, -0.1) is 0 Å². The number of nitro benzene ring substituents is 1. The molecule has 0 fully saturated rings. The van der Waals surface area contributed by atoms with Crippen molar-refractivity contribution >= 4 is 11.4 Å².